The van der Waals surface area contributed by atoms with Crippen molar-refractivity contribution in [3.63, 3.8) is 0 Å². The van der Waals surface area contributed by atoms with Crippen molar-refractivity contribution in [2.45, 2.75) is 27.4 Å². The van der Waals surface area contributed by atoms with E-state index in [1.165, 1.54) is 0 Å². The smallest absolute Gasteiger partial charge is 0.251 e. The van der Waals surface area contributed by atoms with Gasteiger partial charge in [0.2, 0.25) is 0 Å². The second kappa shape index (κ2) is 8.91. The highest BCUT2D eigenvalue weighted by molar-refractivity contribution is 5.94. The van der Waals surface area contributed by atoms with Gasteiger partial charge in [0.1, 0.15) is 6.61 Å². The lowest BCUT2D eigenvalue weighted by molar-refractivity contribution is 0.0948. The number of hydrogen-bond donors (Lipinski definition) is 1. The fourth-order valence-electron chi connectivity index (χ4n) is 2.08. The molecule has 1 N–H and O–H groups in total. The quantitative estimate of drug-likeness (QED) is 0.806. The Morgan fingerprint density at radius 3 is 2.71 bits per heavy atom. The van der Waals surface area contributed by atoms with Crippen molar-refractivity contribution in [3.8, 4) is 11.5 Å². The van der Waals surface area contributed by atoms with Crippen LogP contribution in [0.3, 0.4) is 0 Å². The zero-order chi connectivity index (χ0) is 17.4. The summed E-state index contributed by atoms with van der Waals surface area (Å²) < 4.78 is 11.4. The summed E-state index contributed by atoms with van der Waals surface area (Å²) in [6, 6.07) is 9.05. The van der Waals surface area contributed by atoms with Crippen LogP contribution in [-0.4, -0.2) is 24.0 Å². The van der Waals surface area contributed by atoms with Gasteiger partial charge in [-0.2, -0.15) is 0 Å². The van der Waals surface area contributed by atoms with E-state index in [2.05, 4.69) is 24.1 Å². The van der Waals surface area contributed by atoms with Crippen molar-refractivity contribution >= 4 is 5.91 Å². The maximum absolute atomic E-state index is 12.2. The van der Waals surface area contributed by atoms with E-state index in [0.29, 0.717) is 42.7 Å². The summed E-state index contributed by atoms with van der Waals surface area (Å²) in [6.07, 6.45) is 3.48. The Bertz CT molecular complexity index is 657. The summed E-state index contributed by atoms with van der Waals surface area (Å²) >= 11 is 0. The Hall–Kier alpha value is -2.56. The molecular weight excluding hydrogens is 304 g/mol. The number of amides is 1. The minimum absolute atomic E-state index is 0.108. The molecular formula is C19H24N2O3. The summed E-state index contributed by atoms with van der Waals surface area (Å²) in [5.41, 5.74) is 1.53. The van der Waals surface area contributed by atoms with Crippen molar-refractivity contribution in [1.82, 2.24) is 10.3 Å². The van der Waals surface area contributed by atoms with Gasteiger partial charge in [0.15, 0.2) is 11.5 Å². The van der Waals surface area contributed by atoms with Crippen LogP contribution < -0.4 is 14.8 Å². The molecule has 0 spiro atoms. The molecule has 24 heavy (non-hydrogen) atoms. The van der Waals surface area contributed by atoms with E-state index < -0.39 is 0 Å². The molecule has 5 heteroatoms. The molecule has 1 aromatic carbocycles. The largest absolute Gasteiger partial charge is 0.490 e. The third-order valence-corrected chi connectivity index (χ3v) is 3.29. The summed E-state index contributed by atoms with van der Waals surface area (Å²) in [5, 5.41) is 2.90. The normalized spacial score (nSPS) is 10.5. The molecule has 0 bridgehead atoms. The number of nitrogens with one attached hydrogen (secondary N) is 1. The zero-order valence-electron chi connectivity index (χ0n) is 14.4. The molecule has 2 rings (SSSR count). The van der Waals surface area contributed by atoms with Gasteiger partial charge in [0, 0.05) is 30.1 Å². The number of ether oxygens (including phenoxy) is 2. The Morgan fingerprint density at radius 2 is 2.04 bits per heavy atom. The van der Waals surface area contributed by atoms with Crippen LogP contribution in [0.15, 0.2) is 42.7 Å². The first-order valence-corrected chi connectivity index (χ1v) is 8.17. The molecule has 0 unspecified atom stereocenters. The molecule has 5 nitrogen and oxygen atoms in total. The van der Waals surface area contributed by atoms with Crippen molar-refractivity contribution in [1.29, 1.82) is 0 Å². The summed E-state index contributed by atoms with van der Waals surface area (Å²) in [4.78, 5) is 16.2. The van der Waals surface area contributed by atoms with E-state index in [-0.39, 0.29) is 5.91 Å². The molecule has 0 fully saturated rings. The van der Waals surface area contributed by atoms with Crippen LogP contribution >= 0.6 is 0 Å². The number of aromatic nitrogens is 1. The van der Waals surface area contributed by atoms with Gasteiger partial charge in [-0.05, 0) is 37.1 Å². The molecule has 0 aliphatic carbocycles. The molecule has 0 saturated carbocycles. The van der Waals surface area contributed by atoms with Gasteiger partial charge in [-0.3, -0.25) is 9.78 Å². The van der Waals surface area contributed by atoms with Crippen molar-refractivity contribution in [3.05, 3.63) is 53.9 Å². The van der Waals surface area contributed by atoms with E-state index in [0.717, 1.165) is 5.56 Å². The molecule has 0 aliphatic rings. The first-order chi connectivity index (χ1) is 11.6. The molecule has 1 heterocycles. The Labute approximate surface area is 143 Å². The maximum atomic E-state index is 12.2. The van der Waals surface area contributed by atoms with Crippen molar-refractivity contribution in [2.24, 2.45) is 5.92 Å². The molecule has 2 aromatic rings. The molecule has 0 atom stereocenters. The van der Waals surface area contributed by atoms with Crippen LogP contribution in [-0.2, 0) is 6.61 Å². The third kappa shape index (κ3) is 5.26. The lowest BCUT2D eigenvalue weighted by Gasteiger charge is -2.14. The van der Waals surface area contributed by atoms with Gasteiger partial charge in [-0.1, -0.05) is 19.9 Å². The molecule has 0 radical (unpaired) electrons. The standard InChI is InChI=1S/C19H24N2O3/c1-4-23-18-10-16(19(22)21-11-14(2)3)7-8-17(18)24-13-15-6-5-9-20-12-15/h5-10,12,14H,4,11,13H2,1-3H3,(H,21,22). The highest BCUT2D eigenvalue weighted by Gasteiger charge is 2.12. The zero-order valence-corrected chi connectivity index (χ0v) is 14.4. The van der Waals surface area contributed by atoms with Gasteiger partial charge in [0.25, 0.3) is 5.91 Å². The Morgan fingerprint density at radius 1 is 1.21 bits per heavy atom. The summed E-state index contributed by atoms with van der Waals surface area (Å²) in [5.74, 6) is 1.48. The second-order valence-corrected chi connectivity index (χ2v) is 5.85. The minimum Gasteiger partial charge on any atom is -0.490 e. The Kier molecular flexibility index (Phi) is 6.61. The summed E-state index contributed by atoms with van der Waals surface area (Å²) in [6.45, 7) is 7.55. The average molecular weight is 328 g/mol. The van der Waals surface area contributed by atoms with Crippen LogP contribution in [0.5, 0.6) is 11.5 Å². The first kappa shape index (κ1) is 17.8. The second-order valence-electron chi connectivity index (χ2n) is 5.85. The monoisotopic (exact) mass is 328 g/mol. The Balaban J connectivity index is 2.09. The fourth-order valence-corrected chi connectivity index (χ4v) is 2.08. The average Bonchev–Trinajstić information content (AvgIpc) is 2.59. The SMILES string of the molecule is CCOc1cc(C(=O)NCC(C)C)ccc1OCc1cccnc1. The van der Waals surface area contributed by atoms with Crippen LogP contribution in [0.4, 0.5) is 0 Å². The van der Waals surface area contributed by atoms with E-state index >= 15 is 0 Å². The highest BCUT2D eigenvalue weighted by atomic mass is 16.5. The predicted molar refractivity (Wildman–Crippen MR) is 93.4 cm³/mol. The molecule has 0 aliphatic heterocycles. The molecule has 1 amide bonds. The maximum Gasteiger partial charge on any atom is 0.251 e. The van der Waals surface area contributed by atoms with Crippen LogP contribution in [0, 0.1) is 5.92 Å². The van der Waals surface area contributed by atoms with Crippen LogP contribution in [0.2, 0.25) is 0 Å². The van der Waals surface area contributed by atoms with Gasteiger partial charge in [-0.25, -0.2) is 0 Å². The van der Waals surface area contributed by atoms with Crippen molar-refractivity contribution < 1.29 is 14.3 Å². The van der Waals surface area contributed by atoms with Gasteiger partial charge in [0.05, 0.1) is 6.61 Å². The number of rotatable bonds is 8. The predicted octanol–water partition coefficient (Wildman–Crippen LogP) is 3.45. The molecule has 1 aromatic heterocycles. The molecule has 128 valence electrons. The number of pyridine rings is 1. The van der Waals surface area contributed by atoms with Gasteiger partial charge >= 0.3 is 0 Å². The van der Waals surface area contributed by atoms with E-state index in [1.807, 2.05) is 19.1 Å². The lowest BCUT2D eigenvalue weighted by Crippen LogP contribution is -2.27. The number of benzene rings is 1. The van der Waals surface area contributed by atoms with Gasteiger partial charge < -0.3 is 14.8 Å². The highest BCUT2D eigenvalue weighted by Crippen LogP contribution is 2.29. The van der Waals surface area contributed by atoms with Crippen molar-refractivity contribution in [2.75, 3.05) is 13.2 Å². The minimum atomic E-state index is -0.108. The van der Waals surface area contributed by atoms with E-state index in [1.54, 1.807) is 30.6 Å². The number of nitrogens with zero attached hydrogens (tertiary/aromatic N) is 1. The number of hydrogen-bond acceptors (Lipinski definition) is 4. The third-order valence-electron chi connectivity index (χ3n) is 3.29. The van der Waals surface area contributed by atoms with E-state index in [4.69, 9.17) is 9.47 Å². The number of carbonyl (C=O) groups is 1. The van der Waals surface area contributed by atoms with Crippen LogP contribution in [0.25, 0.3) is 0 Å². The first-order valence-electron chi connectivity index (χ1n) is 8.17. The summed E-state index contributed by atoms with van der Waals surface area (Å²) in [7, 11) is 0. The lowest BCUT2D eigenvalue weighted by atomic mass is 10.1. The van der Waals surface area contributed by atoms with Crippen LogP contribution in [0.1, 0.15) is 36.7 Å². The van der Waals surface area contributed by atoms with E-state index in [9.17, 15) is 4.79 Å². The topological polar surface area (TPSA) is 60.5 Å². The fraction of sp³-hybridized carbons (Fsp3) is 0.368. The number of carbonyl (C=O) groups excluding carboxylic acids is 1. The van der Waals surface area contributed by atoms with Gasteiger partial charge in [-0.15, -0.1) is 0 Å². The molecule has 0 saturated heterocycles.